The van der Waals surface area contributed by atoms with Gasteiger partial charge in [-0.2, -0.15) is 0 Å². The second-order valence-electron chi connectivity index (χ2n) is 5.76. The Morgan fingerprint density at radius 3 is 2.47 bits per heavy atom. The Morgan fingerprint density at radius 2 is 1.94 bits per heavy atom. The van der Waals surface area contributed by atoms with Crippen molar-refractivity contribution in [3.05, 3.63) is 0 Å². The Labute approximate surface area is 101 Å². The van der Waals surface area contributed by atoms with Crippen molar-refractivity contribution < 1.29 is 19.1 Å². The zero-order valence-electron chi connectivity index (χ0n) is 10.7. The van der Waals surface area contributed by atoms with E-state index in [0.29, 0.717) is 12.5 Å². The van der Waals surface area contributed by atoms with Gasteiger partial charge >= 0.3 is 12.1 Å². The highest BCUT2D eigenvalue weighted by atomic mass is 16.6. The summed E-state index contributed by atoms with van der Waals surface area (Å²) in [6, 6.07) is -0.445. The largest absolute Gasteiger partial charge is 0.467 e. The summed E-state index contributed by atoms with van der Waals surface area (Å²) in [5, 5.41) is 0. The van der Waals surface area contributed by atoms with Crippen LogP contribution >= 0.6 is 0 Å². The van der Waals surface area contributed by atoms with Gasteiger partial charge in [-0.05, 0) is 39.0 Å². The summed E-state index contributed by atoms with van der Waals surface area (Å²) < 4.78 is 10.0. The van der Waals surface area contributed by atoms with E-state index in [1.54, 1.807) is 0 Å². The fraction of sp³-hybridized carbons (Fsp3) is 0.833. The van der Waals surface area contributed by atoms with Crippen molar-refractivity contribution in [3.63, 3.8) is 0 Å². The average Bonchev–Trinajstić information content (AvgIpc) is 2.86. The van der Waals surface area contributed by atoms with Crippen molar-refractivity contribution in [2.45, 2.75) is 38.8 Å². The number of likely N-dealkylation sites (tertiary alicyclic amines) is 1. The van der Waals surface area contributed by atoms with Gasteiger partial charge in [0.05, 0.1) is 7.11 Å². The Morgan fingerprint density at radius 1 is 1.29 bits per heavy atom. The lowest BCUT2D eigenvalue weighted by molar-refractivity contribution is -0.146. The van der Waals surface area contributed by atoms with Crippen molar-refractivity contribution in [1.29, 1.82) is 0 Å². The molecule has 1 saturated carbocycles. The van der Waals surface area contributed by atoms with Gasteiger partial charge in [0.2, 0.25) is 0 Å². The molecule has 3 unspecified atom stereocenters. The van der Waals surface area contributed by atoms with E-state index >= 15 is 0 Å². The van der Waals surface area contributed by atoms with E-state index in [9.17, 15) is 9.59 Å². The molecule has 2 aliphatic rings. The fourth-order valence-corrected chi connectivity index (χ4v) is 2.40. The van der Waals surface area contributed by atoms with Crippen LogP contribution in [0.4, 0.5) is 4.79 Å². The van der Waals surface area contributed by atoms with Crippen molar-refractivity contribution >= 4 is 12.1 Å². The first-order valence-electron chi connectivity index (χ1n) is 5.91. The molecular formula is C12H19NO4. The number of hydrogen-bond donors (Lipinski definition) is 0. The smallest absolute Gasteiger partial charge is 0.411 e. The van der Waals surface area contributed by atoms with Gasteiger partial charge in [-0.25, -0.2) is 9.59 Å². The van der Waals surface area contributed by atoms with E-state index in [-0.39, 0.29) is 11.9 Å². The van der Waals surface area contributed by atoms with Gasteiger partial charge in [0, 0.05) is 6.54 Å². The van der Waals surface area contributed by atoms with E-state index in [1.807, 2.05) is 20.8 Å². The van der Waals surface area contributed by atoms with Crippen LogP contribution in [0.15, 0.2) is 0 Å². The highest BCUT2D eigenvalue weighted by Gasteiger charge is 2.58. The number of amides is 1. The van der Waals surface area contributed by atoms with Crippen LogP contribution in [0.3, 0.4) is 0 Å². The molecule has 0 bridgehead atoms. The summed E-state index contributed by atoms with van der Waals surface area (Å²) in [5.41, 5.74) is -0.537. The molecule has 0 aromatic heterocycles. The van der Waals surface area contributed by atoms with Gasteiger partial charge in [0.25, 0.3) is 0 Å². The molecule has 1 saturated heterocycles. The molecule has 0 aromatic carbocycles. The number of fused-ring (bicyclic) bond motifs is 1. The molecule has 5 nitrogen and oxygen atoms in total. The highest BCUT2D eigenvalue weighted by Crippen LogP contribution is 2.50. The monoisotopic (exact) mass is 241 g/mol. The molecule has 0 radical (unpaired) electrons. The van der Waals surface area contributed by atoms with Crippen LogP contribution < -0.4 is 0 Å². The molecule has 2 rings (SSSR count). The highest BCUT2D eigenvalue weighted by molar-refractivity contribution is 5.83. The fourth-order valence-electron chi connectivity index (χ4n) is 2.40. The molecule has 96 valence electrons. The van der Waals surface area contributed by atoms with Crippen molar-refractivity contribution in [2.75, 3.05) is 13.7 Å². The normalized spacial score (nSPS) is 30.8. The van der Waals surface area contributed by atoms with Crippen LogP contribution in [-0.2, 0) is 14.3 Å². The van der Waals surface area contributed by atoms with Crippen molar-refractivity contribution in [1.82, 2.24) is 4.90 Å². The van der Waals surface area contributed by atoms with Crippen molar-refractivity contribution in [3.8, 4) is 0 Å². The maximum Gasteiger partial charge on any atom is 0.411 e. The third-order valence-electron chi connectivity index (χ3n) is 3.22. The first-order chi connectivity index (χ1) is 7.83. The van der Waals surface area contributed by atoms with E-state index in [0.717, 1.165) is 6.42 Å². The quantitative estimate of drug-likeness (QED) is 0.651. The number of nitrogens with zero attached hydrogens (tertiary/aromatic N) is 1. The van der Waals surface area contributed by atoms with Gasteiger partial charge in [0.15, 0.2) is 0 Å². The predicted octanol–water partition coefficient (Wildman–Crippen LogP) is 1.41. The summed E-state index contributed by atoms with van der Waals surface area (Å²) >= 11 is 0. The molecule has 0 aromatic rings. The molecule has 0 N–H and O–H groups in total. The third kappa shape index (κ3) is 2.37. The van der Waals surface area contributed by atoms with Crippen LogP contribution in [0.2, 0.25) is 0 Å². The Bertz CT molecular complexity index is 347. The minimum Gasteiger partial charge on any atom is -0.467 e. The molecule has 5 heteroatoms. The first kappa shape index (κ1) is 12.2. The summed E-state index contributed by atoms with van der Waals surface area (Å²) in [7, 11) is 1.35. The maximum absolute atomic E-state index is 12.0. The summed E-state index contributed by atoms with van der Waals surface area (Å²) in [4.78, 5) is 25.1. The van der Waals surface area contributed by atoms with E-state index in [4.69, 9.17) is 9.47 Å². The van der Waals surface area contributed by atoms with Gasteiger partial charge in [-0.3, -0.25) is 4.90 Å². The van der Waals surface area contributed by atoms with Gasteiger partial charge in [-0.1, -0.05) is 0 Å². The van der Waals surface area contributed by atoms with Gasteiger partial charge in [-0.15, -0.1) is 0 Å². The molecule has 1 aliphatic carbocycles. The Hall–Kier alpha value is -1.26. The summed E-state index contributed by atoms with van der Waals surface area (Å²) in [6.07, 6.45) is 0.596. The number of carbonyl (C=O) groups excluding carboxylic acids is 2. The number of rotatable bonds is 1. The number of hydrogen-bond acceptors (Lipinski definition) is 4. The lowest BCUT2D eigenvalue weighted by Crippen LogP contribution is -2.46. The molecular weight excluding hydrogens is 222 g/mol. The van der Waals surface area contributed by atoms with E-state index in [1.165, 1.54) is 12.0 Å². The van der Waals surface area contributed by atoms with Crippen LogP contribution in [0.1, 0.15) is 27.2 Å². The average molecular weight is 241 g/mol. The topological polar surface area (TPSA) is 55.8 Å². The lowest BCUT2D eigenvalue weighted by atomic mass is 10.2. The molecule has 2 fully saturated rings. The second kappa shape index (κ2) is 3.89. The third-order valence-corrected chi connectivity index (χ3v) is 3.22. The number of ether oxygens (including phenoxy) is 2. The lowest BCUT2D eigenvalue weighted by Gasteiger charge is -2.28. The molecule has 1 aliphatic heterocycles. The van der Waals surface area contributed by atoms with Crippen molar-refractivity contribution in [2.24, 2.45) is 11.8 Å². The molecule has 17 heavy (non-hydrogen) atoms. The molecule has 3 atom stereocenters. The Kier molecular flexibility index (Phi) is 2.79. The second-order valence-corrected chi connectivity index (χ2v) is 5.76. The standard InChI is InChI=1S/C12H19NO4/c1-12(2,3)17-11(15)13-6-7-5-8(7)9(13)10(14)16-4/h7-9H,5-6H2,1-4H3. The zero-order chi connectivity index (χ0) is 12.8. The van der Waals surface area contributed by atoms with Crippen LogP contribution in [0.25, 0.3) is 0 Å². The molecule has 1 heterocycles. The van der Waals surface area contributed by atoms with Crippen LogP contribution in [-0.4, -0.2) is 42.3 Å². The zero-order valence-corrected chi connectivity index (χ0v) is 10.7. The number of piperidine rings is 1. The Balaban J connectivity index is 2.05. The molecule has 1 amide bonds. The van der Waals surface area contributed by atoms with E-state index in [2.05, 4.69) is 0 Å². The minimum absolute atomic E-state index is 0.273. The number of esters is 1. The van der Waals surface area contributed by atoms with Gasteiger partial charge < -0.3 is 9.47 Å². The van der Waals surface area contributed by atoms with Crippen LogP contribution in [0, 0.1) is 11.8 Å². The SMILES string of the molecule is COC(=O)C1C2CC2CN1C(=O)OC(C)(C)C. The summed E-state index contributed by atoms with van der Waals surface area (Å²) in [6.45, 7) is 6.05. The number of carbonyl (C=O) groups is 2. The van der Waals surface area contributed by atoms with Gasteiger partial charge in [0.1, 0.15) is 11.6 Å². The number of methoxy groups -OCH3 is 1. The van der Waals surface area contributed by atoms with Crippen LogP contribution in [0.5, 0.6) is 0 Å². The first-order valence-corrected chi connectivity index (χ1v) is 5.91. The minimum atomic E-state index is -0.537. The molecule has 0 spiro atoms. The summed E-state index contributed by atoms with van der Waals surface area (Å²) in [5.74, 6) is 0.391. The maximum atomic E-state index is 12.0. The predicted molar refractivity (Wildman–Crippen MR) is 60.3 cm³/mol. The van der Waals surface area contributed by atoms with E-state index < -0.39 is 17.7 Å².